The number of carbonyl (C=O) groups excluding carboxylic acids is 1. The lowest BCUT2D eigenvalue weighted by Crippen LogP contribution is -2.77. The highest BCUT2D eigenvalue weighted by molar-refractivity contribution is 7.93. The van der Waals surface area contributed by atoms with Gasteiger partial charge in [-0.3, -0.25) is 14.6 Å². The van der Waals surface area contributed by atoms with Crippen molar-refractivity contribution in [3.8, 4) is 17.6 Å². The van der Waals surface area contributed by atoms with Crippen LogP contribution in [0.3, 0.4) is 0 Å². The Balaban J connectivity index is 1.36. The van der Waals surface area contributed by atoms with Crippen molar-refractivity contribution in [1.82, 2.24) is 19.7 Å². The van der Waals surface area contributed by atoms with Crippen molar-refractivity contribution < 1.29 is 22.7 Å². The molecule has 0 aliphatic carbocycles. The Morgan fingerprint density at radius 1 is 1.02 bits per heavy atom. The number of benzene rings is 2. The standard InChI is InChI=1S/C34H38N6O5S/c1-4-45-30-11-9-26(44-3)18-28(30)34(39-22-33(23-39)20-38(21-33)25-12-15-37(2)16-13-25)27-17-24(19-35)8-10-29(27)40(32(34)41)46(42,43)31-7-5-6-14-36-31/h5-11,14,17-18,25H,4,12-13,15-16,20-23H2,1-3H3. The molecule has 7 rings (SSSR count). The molecule has 46 heavy (non-hydrogen) atoms. The van der Waals surface area contributed by atoms with Gasteiger partial charge in [0.25, 0.3) is 15.9 Å². The van der Waals surface area contributed by atoms with Crippen molar-refractivity contribution in [2.24, 2.45) is 5.41 Å². The molecule has 1 atom stereocenters. The Kier molecular flexibility index (Phi) is 7.55. The Morgan fingerprint density at radius 2 is 1.78 bits per heavy atom. The van der Waals surface area contributed by atoms with Crippen molar-refractivity contribution in [3.63, 3.8) is 0 Å². The SMILES string of the molecule is CCOc1ccc(OC)cc1C1(N2CC3(CN(C4CCN(C)CC4)C3)C2)C(=O)N(S(=O)(=O)c2ccccn2)c2ccc(C#N)cc21. The summed E-state index contributed by atoms with van der Waals surface area (Å²) in [7, 11) is -0.715. The van der Waals surface area contributed by atoms with Gasteiger partial charge in [0.15, 0.2) is 10.6 Å². The van der Waals surface area contributed by atoms with Crippen LogP contribution in [0.15, 0.2) is 65.8 Å². The molecule has 240 valence electrons. The second-order valence-corrected chi connectivity index (χ2v) is 14.6. The van der Waals surface area contributed by atoms with Gasteiger partial charge in [-0.15, -0.1) is 0 Å². The summed E-state index contributed by atoms with van der Waals surface area (Å²) in [4.78, 5) is 26.4. The first-order chi connectivity index (χ1) is 22.2. The molecule has 1 aromatic heterocycles. The third-order valence-corrected chi connectivity index (χ3v) is 11.7. The Morgan fingerprint density at radius 3 is 2.43 bits per heavy atom. The normalized spacial score (nSPS) is 23.4. The average molecular weight is 643 g/mol. The molecular weight excluding hydrogens is 604 g/mol. The molecule has 1 amide bonds. The number of piperidine rings is 1. The topological polar surface area (TPSA) is 119 Å². The van der Waals surface area contributed by atoms with Crippen LogP contribution in [0, 0.1) is 16.7 Å². The lowest BCUT2D eigenvalue weighted by atomic mass is 9.67. The third kappa shape index (κ3) is 4.59. The van der Waals surface area contributed by atoms with E-state index in [1.54, 1.807) is 55.6 Å². The molecule has 12 heteroatoms. The maximum Gasteiger partial charge on any atom is 0.288 e. The first-order valence-electron chi connectivity index (χ1n) is 15.7. The van der Waals surface area contributed by atoms with Gasteiger partial charge in [0.1, 0.15) is 11.5 Å². The summed E-state index contributed by atoms with van der Waals surface area (Å²) >= 11 is 0. The van der Waals surface area contributed by atoms with Crippen LogP contribution in [0.25, 0.3) is 0 Å². The molecule has 0 N–H and O–H groups in total. The average Bonchev–Trinajstić information content (AvgIpc) is 3.29. The van der Waals surface area contributed by atoms with Crippen LogP contribution in [0.2, 0.25) is 0 Å². The van der Waals surface area contributed by atoms with Gasteiger partial charge in [0.05, 0.1) is 31.0 Å². The largest absolute Gasteiger partial charge is 0.497 e. The van der Waals surface area contributed by atoms with E-state index in [2.05, 4.69) is 32.8 Å². The second-order valence-electron chi connectivity index (χ2n) is 12.9. The van der Waals surface area contributed by atoms with Crippen LogP contribution in [0.4, 0.5) is 5.69 Å². The summed E-state index contributed by atoms with van der Waals surface area (Å²) in [5, 5.41) is 9.73. The molecular formula is C34H38N6O5S. The van der Waals surface area contributed by atoms with Gasteiger partial charge >= 0.3 is 0 Å². The maximum atomic E-state index is 15.2. The lowest BCUT2D eigenvalue weighted by Gasteiger charge is -2.65. The van der Waals surface area contributed by atoms with Gasteiger partial charge in [-0.1, -0.05) is 6.07 Å². The zero-order valence-electron chi connectivity index (χ0n) is 26.3. The quantitative estimate of drug-likeness (QED) is 0.363. The van der Waals surface area contributed by atoms with E-state index in [9.17, 15) is 13.7 Å². The van der Waals surface area contributed by atoms with E-state index in [1.807, 2.05) is 6.92 Å². The molecule has 1 unspecified atom stereocenters. The fourth-order valence-electron chi connectivity index (χ4n) is 7.85. The number of amides is 1. The predicted molar refractivity (Wildman–Crippen MR) is 171 cm³/mol. The van der Waals surface area contributed by atoms with Gasteiger partial charge in [0, 0.05) is 55.0 Å². The number of fused-ring (bicyclic) bond motifs is 1. The minimum absolute atomic E-state index is 0.0123. The van der Waals surface area contributed by atoms with Gasteiger partial charge < -0.3 is 14.4 Å². The minimum atomic E-state index is -4.43. The van der Waals surface area contributed by atoms with E-state index in [0.29, 0.717) is 53.9 Å². The van der Waals surface area contributed by atoms with Crippen molar-refractivity contribution in [1.29, 1.82) is 5.26 Å². The number of hydrogen-bond acceptors (Lipinski definition) is 10. The second kappa shape index (κ2) is 11.3. The van der Waals surface area contributed by atoms with E-state index in [4.69, 9.17) is 9.47 Å². The first kappa shape index (κ1) is 30.6. The summed E-state index contributed by atoms with van der Waals surface area (Å²) in [5.74, 6) is 0.297. The minimum Gasteiger partial charge on any atom is -0.497 e. The Hall–Kier alpha value is -4.02. The number of nitriles is 1. The number of anilines is 1. The monoisotopic (exact) mass is 642 g/mol. The van der Waals surface area contributed by atoms with E-state index in [-0.39, 0.29) is 16.1 Å². The van der Waals surface area contributed by atoms with Crippen LogP contribution in [-0.2, 0) is 20.4 Å². The summed E-state index contributed by atoms with van der Waals surface area (Å²) in [6, 6.07) is 17.4. The number of sulfonamides is 1. The van der Waals surface area contributed by atoms with Crippen molar-refractivity contribution in [3.05, 3.63) is 77.5 Å². The number of ether oxygens (including phenoxy) is 2. The predicted octanol–water partition coefficient (Wildman–Crippen LogP) is 3.05. The molecule has 3 aromatic rings. The van der Waals surface area contributed by atoms with Crippen molar-refractivity contribution >= 4 is 21.6 Å². The number of hydrogen-bond donors (Lipinski definition) is 0. The van der Waals surface area contributed by atoms with Crippen LogP contribution < -0.4 is 13.8 Å². The van der Waals surface area contributed by atoms with Crippen LogP contribution >= 0.6 is 0 Å². The highest BCUT2D eigenvalue weighted by Crippen LogP contribution is 2.57. The zero-order chi connectivity index (χ0) is 32.3. The zero-order valence-corrected chi connectivity index (χ0v) is 27.2. The van der Waals surface area contributed by atoms with Crippen LogP contribution in [0.5, 0.6) is 11.5 Å². The summed E-state index contributed by atoms with van der Waals surface area (Å²) in [5.41, 5.74) is -0.186. The fourth-order valence-corrected chi connectivity index (χ4v) is 9.25. The molecule has 0 saturated carbocycles. The third-order valence-electron chi connectivity index (χ3n) is 10.1. The van der Waals surface area contributed by atoms with E-state index < -0.39 is 21.5 Å². The van der Waals surface area contributed by atoms with E-state index in [1.165, 1.54) is 12.3 Å². The molecule has 5 heterocycles. The summed E-state index contributed by atoms with van der Waals surface area (Å²) in [6.07, 6.45) is 3.68. The summed E-state index contributed by atoms with van der Waals surface area (Å²) < 4.78 is 41.2. The maximum absolute atomic E-state index is 15.2. The number of aromatic nitrogens is 1. The highest BCUT2D eigenvalue weighted by Gasteiger charge is 2.67. The molecule has 4 aliphatic rings. The number of carbonyl (C=O) groups is 1. The molecule has 3 saturated heterocycles. The molecule has 0 radical (unpaired) electrons. The van der Waals surface area contributed by atoms with Gasteiger partial charge in [-0.2, -0.15) is 18.0 Å². The fraction of sp³-hybridized carbons (Fsp3) is 0.441. The van der Waals surface area contributed by atoms with Crippen molar-refractivity contribution in [2.75, 3.05) is 64.3 Å². The number of likely N-dealkylation sites (tertiary alicyclic amines) is 3. The molecule has 1 spiro atoms. The number of nitrogens with zero attached hydrogens (tertiary/aromatic N) is 6. The highest BCUT2D eigenvalue weighted by atomic mass is 32.2. The molecule has 2 aromatic carbocycles. The Bertz CT molecular complexity index is 1810. The van der Waals surface area contributed by atoms with Crippen LogP contribution in [0.1, 0.15) is 36.5 Å². The number of pyridine rings is 1. The molecule has 11 nitrogen and oxygen atoms in total. The number of methoxy groups -OCH3 is 1. The Labute approximate surface area is 270 Å². The molecule has 4 aliphatic heterocycles. The van der Waals surface area contributed by atoms with Gasteiger partial charge in [-0.25, -0.2) is 4.98 Å². The summed E-state index contributed by atoms with van der Waals surface area (Å²) in [6.45, 7) is 7.40. The van der Waals surface area contributed by atoms with Crippen LogP contribution in [-0.4, -0.2) is 100 Å². The first-order valence-corrected chi connectivity index (χ1v) is 17.2. The van der Waals surface area contributed by atoms with E-state index in [0.717, 1.165) is 43.3 Å². The smallest absolute Gasteiger partial charge is 0.288 e. The molecule has 0 bridgehead atoms. The lowest BCUT2D eigenvalue weighted by molar-refractivity contribution is -0.169. The van der Waals surface area contributed by atoms with Crippen molar-refractivity contribution in [2.45, 2.75) is 36.4 Å². The molecule has 3 fully saturated rings. The number of rotatable bonds is 8. The van der Waals surface area contributed by atoms with Gasteiger partial charge in [-0.05, 0) is 88.4 Å². The van der Waals surface area contributed by atoms with Gasteiger partial charge in [0.2, 0.25) is 0 Å². The van der Waals surface area contributed by atoms with E-state index >= 15 is 4.79 Å².